The minimum absolute atomic E-state index is 0.132. The lowest BCUT2D eigenvalue weighted by Crippen LogP contribution is -2.40. The summed E-state index contributed by atoms with van der Waals surface area (Å²) in [5.41, 5.74) is 2.25. The van der Waals surface area contributed by atoms with Gasteiger partial charge in [-0.3, -0.25) is 4.79 Å². The smallest absolute Gasteiger partial charge is 0.262 e. The maximum absolute atomic E-state index is 12.9. The number of morpholine rings is 1. The molecule has 1 amide bonds. The number of carbonyl (C=O) groups excluding carboxylic acids is 1. The van der Waals surface area contributed by atoms with Crippen LogP contribution in [0.15, 0.2) is 77.7 Å². The number of anilines is 1. The van der Waals surface area contributed by atoms with Crippen LogP contribution in [0.25, 0.3) is 0 Å². The molecule has 4 rings (SSSR count). The molecule has 8 nitrogen and oxygen atoms in total. The Balaban J connectivity index is 1.31. The summed E-state index contributed by atoms with van der Waals surface area (Å²) in [6.07, 6.45) is 0. The molecule has 0 aromatic heterocycles. The quantitative estimate of drug-likeness (QED) is 0.486. The molecule has 3 aromatic rings. The minimum atomic E-state index is -3.66. The Labute approximate surface area is 205 Å². The Bertz CT molecular complexity index is 1240. The predicted molar refractivity (Wildman–Crippen MR) is 132 cm³/mol. The highest BCUT2D eigenvalue weighted by Crippen LogP contribution is 2.24. The molecule has 184 valence electrons. The molecule has 9 heteroatoms. The van der Waals surface area contributed by atoms with E-state index < -0.39 is 15.9 Å². The third kappa shape index (κ3) is 6.60. The molecule has 1 aliphatic heterocycles. The van der Waals surface area contributed by atoms with Crippen LogP contribution in [0, 0.1) is 6.92 Å². The predicted octanol–water partition coefficient (Wildman–Crippen LogP) is 3.61. The van der Waals surface area contributed by atoms with Gasteiger partial charge in [0.2, 0.25) is 10.0 Å². The van der Waals surface area contributed by atoms with Crippen LogP contribution in [0.2, 0.25) is 0 Å². The van der Waals surface area contributed by atoms with E-state index in [2.05, 4.69) is 5.32 Å². The highest BCUT2D eigenvalue weighted by atomic mass is 32.2. The Morgan fingerprint density at radius 3 is 2.29 bits per heavy atom. The topological polar surface area (TPSA) is 94.2 Å². The molecule has 0 spiro atoms. The molecule has 0 bridgehead atoms. The summed E-state index contributed by atoms with van der Waals surface area (Å²) < 4.78 is 43.8. The summed E-state index contributed by atoms with van der Waals surface area (Å²) in [6.45, 7) is 3.39. The van der Waals surface area contributed by atoms with E-state index in [1.807, 2.05) is 30.3 Å². The van der Waals surface area contributed by atoms with Gasteiger partial charge in [0, 0.05) is 18.8 Å². The highest BCUT2D eigenvalue weighted by Gasteiger charge is 2.26. The number of hydrogen-bond donors (Lipinski definition) is 1. The van der Waals surface area contributed by atoms with Crippen LogP contribution in [0.4, 0.5) is 5.69 Å². The first-order valence-corrected chi connectivity index (χ1v) is 12.7. The molecule has 0 saturated carbocycles. The molecule has 1 N–H and O–H groups in total. The number of amides is 1. The lowest BCUT2D eigenvalue weighted by Gasteiger charge is -2.26. The van der Waals surface area contributed by atoms with Gasteiger partial charge in [0.15, 0.2) is 6.61 Å². The van der Waals surface area contributed by atoms with Crippen molar-refractivity contribution < 1.29 is 27.4 Å². The maximum Gasteiger partial charge on any atom is 0.262 e. The van der Waals surface area contributed by atoms with Gasteiger partial charge in [-0.1, -0.05) is 36.4 Å². The fraction of sp³-hybridized carbons (Fsp3) is 0.269. The molecule has 3 aromatic carbocycles. The summed E-state index contributed by atoms with van der Waals surface area (Å²) in [7, 11) is -3.66. The van der Waals surface area contributed by atoms with Gasteiger partial charge in [-0.15, -0.1) is 0 Å². The first-order valence-electron chi connectivity index (χ1n) is 11.3. The number of hydrogen-bond acceptors (Lipinski definition) is 6. The van der Waals surface area contributed by atoms with Crippen molar-refractivity contribution in [3.05, 3.63) is 83.9 Å². The zero-order chi connectivity index (χ0) is 24.7. The highest BCUT2D eigenvalue weighted by molar-refractivity contribution is 7.89. The fourth-order valence-corrected chi connectivity index (χ4v) is 4.98. The van der Waals surface area contributed by atoms with E-state index in [1.165, 1.54) is 10.4 Å². The average molecular weight is 497 g/mol. The second-order valence-corrected chi connectivity index (χ2v) is 10.0. The molecule has 0 radical (unpaired) electrons. The molecule has 0 atom stereocenters. The number of sulfonamides is 1. The van der Waals surface area contributed by atoms with Crippen molar-refractivity contribution >= 4 is 21.6 Å². The monoisotopic (exact) mass is 496 g/mol. The molecular formula is C26H28N2O6S. The molecule has 1 fully saturated rings. The van der Waals surface area contributed by atoms with E-state index in [0.717, 1.165) is 11.1 Å². The van der Waals surface area contributed by atoms with Gasteiger partial charge in [-0.05, 0) is 54.4 Å². The molecule has 1 heterocycles. The van der Waals surface area contributed by atoms with Crippen molar-refractivity contribution in [1.29, 1.82) is 0 Å². The third-order valence-electron chi connectivity index (χ3n) is 5.53. The largest absolute Gasteiger partial charge is 0.489 e. The Morgan fingerprint density at radius 1 is 0.943 bits per heavy atom. The van der Waals surface area contributed by atoms with E-state index >= 15 is 0 Å². The number of carbonyl (C=O) groups is 1. The normalized spacial score (nSPS) is 14.3. The summed E-state index contributed by atoms with van der Waals surface area (Å²) >= 11 is 0. The summed E-state index contributed by atoms with van der Waals surface area (Å²) in [4.78, 5) is 12.6. The molecule has 0 unspecified atom stereocenters. The number of ether oxygens (including phenoxy) is 3. The number of nitrogens with one attached hydrogen (secondary N) is 1. The van der Waals surface area contributed by atoms with Gasteiger partial charge < -0.3 is 19.5 Å². The molecule has 1 saturated heterocycles. The minimum Gasteiger partial charge on any atom is -0.489 e. The van der Waals surface area contributed by atoms with Crippen molar-refractivity contribution in [2.45, 2.75) is 18.4 Å². The Hall–Kier alpha value is -3.40. The summed E-state index contributed by atoms with van der Waals surface area (Å²) in [6, 6.07) is 21.6. The second-order valence-electron chi connectivity index (χ2n) is 8.08. The third-order valence-corrected chi connectivity index (χ3v) is 7.43. The van der Waals surface area contributed by atoms with Gasteiger partial charge >= 0.3 is 0 Å². The van der Waals surface area contributed by atoms with Crippen molar-refractivity contribution in [3.63, 3.8) is 0 Å². The second kappa shape index (κ2) is 11.4. The Kier molecular flexibility index (Phi) is 8.02. The number of rotatable bonds is 9. The zero-order valence-electron chi connectivity index (χ0n) is 19.5. The van der Waals surface area contributed by atoms with Crippen LogP contribution in [-0.4, -0.2) is 51.5 Å². The van der Waals surface area contributed by atoms with Crippen LogP contribution in [0.1, 0.15) is 11.1 Å². The van der Waals surface area contributed by atoms with Gasteiger partial charge in [0.05, 0.1) is 18.1 Å². The standard InChI is InChI=1S/C26H28N2O6S/c1-20-7-12-24(35(30,31)28-13-15-32-16-14-28)17-25(20)27-26(29)19-34-23-10-8-22(9-11-23)33-18-21-5-3-2-4-6-21/h2-12,17H,13-16,18-19H2,1H3,(H,27,29). The van der Waals surface area contributed by atoms with Crippen LogP contribution in [0.5, 0.6) is 11.5 Å². The van der Waals surface area contributed by atoms with Gasteiger partial charge in [-0.25, -0.2) is 8.42 Å². The van der Waals surface area contributed by atoms with E-state index in [1.54, 1.807) is 43.3 Å². The zero-order valence-corrected chi connectivity index (χ0v) is 20.3. The summed E-state index contributed by atoms with van der Waals surface area (Å²) in [5, 5.41) is 2.75. The molecule has 35 heavy (non-hydrogen) atoms. The molecule has 0 aliphatic carbocycles. The lowest BCUT2D eigenvalue weighted by molar-refractivity contribution is -0.118. The molecular weight excluding hydrogens is 468 g/mol. The van der Waals surface area contributed by atoms with Gasteiger partial charge in [0.25, 0.3) is 5.91 Å². The van der Waals surface area contributed by atoms with E-state index in [4.69, 9.17) is 14.2 Å². The van der Waals surface area contributed by atoms with Gasteiger partial charge in [0.1, 0.15) is 18.1 Å². The van der Waals surface area contributed by atoms with Crippen molar-refractivity contribution in [1.82, 2.24) is 4.31 Å². The van der Waals surface area contributed by atoms with E-state index in [9.17, 15) is 13.2 Å². The summed E-state index contributed by atoms with van der Waals surface area (Å²) in [5.74, 6) is 0.825. The number of aryl methyl sites for hydroxylation is 1. The number of nitrogens with zero attached hydrogens (tertiary/aromatic N) is 1. The van der Waals surface area contributed by atoms with Crippen molar-refractivity contribution in [2.75, 3.05) is 38.2 Å². The van der Waals surface area contributed by atoms with Crippen LogP contribution >= 0.6 is 0 Å². The molecule has 1 aliphatic rings. The van der Waals surface area contributed by atoms with Crippen LogP contribution in [-0.2, 0) is 26.2 Å². The van der Waals surface area contributed by atoms with Crippen molar-refractivity contribution in [2.24, 2.45) is 0 Å². The first-order chi connectivity index (χ1) is 16.9. The van der Waals surface area contributed by atoms with Gasteiger partial charge in [-0.2, -0.15) is 4.31 Å². The fourth-order valence-electron chi connectivity index (χ4n) is 3.54. The van der Waals surface area contributed by atoms with Crippen molar-refractivity contribution in [3.8, 4) is 11.5 Å². The van der Waals surface area contributed by atoms with Crippen LogP contribution in [0.3, 0.4) is 0 Å². The number of benzene rings is 3. The van der Waals surface area contributed by atoms with Crippen LogP contribution < -0.4 is 14.8 Å². The van der Waals surface area contributed by atoms with E-state index in [0.29, 0.717) is 50.1 Å². The first kappa shape index (κ1) is 24.7. The average Bonchev–Trinajstić information content (AvgIpc) is 2.89. The maximum atomic E-state index is 12.9. The lowest BCUT2D eigenvalue weighted by atomic mass is 10.2. The Morgan fingerprint density at radius 2 is 1.60 bits per heavy atom. The van der Waals surface area contributed by atoms with E-state index in [-0.39, 0.29) is 11.5 Å². The SMILES string of the molecule is Cc1ccc(S(=O)(=O)N2CCOCC2)cc1NC(=O)COc1ccc(OCc2ccccc2)cc1.